The maximum Gasteiger partial charge on any atom is 0.311 e. The smallest absolute Gasteiger partial charge is 0.311 e. The Morgan fingerprint density at radius 2 is 2.21 bits per heavy atom. The Morgan fingerprint density at radius 3 is 2.89 bits per heavy atom. The standard InChI is InChI=1S/C11H17N5O3/c12-10-2-1-9(16(17)18)11(14-10)13-3-4-15-5-7-19-8-6-15/h1-2H,3-8H2,(H3,12,13,14). The second-order valence-corrected chi connectivity index (χ2v) is 4.24. The molecule has 0 amide bonds. The predicted octanol–water partition coefficient (Wildman–Crippen LogP) is 0.316. The molecule has 8 heteroatoms. The van der Waals surface area contributed by atoms with Crippen LogP contribution in [0.15, 0.2) is 12.1 Å². The lowest BCUT2D eigenvalue weighted by molar-refractivity contribution is -0.384. The molecular weight excluding hydrogens is 250 g/mol. The molecule has 1 fully saturated rings. The van der Waals surface area contributed by atoms with E-state index in [1.807, 2.05) is 0 Å². The quantitative estimate of drug-likeness (QED) is 0.584. The number of anilines is 2. The number of rotatable bonds is 5. The summed E-state index contributed by atoms with van der Waals surface area (Å²) < 4.78 is 5.25. The number of nitro groups is 1. The Kier molecular flexibility index (Phi) is 4.48. The average molecular weight is 267 g/mol. The molecule has 0 aliphatic carbocycles. The molecule has 0 radical (unpaired) electrons. The van der Waals surface area contributed by atoms with Gasteiger partial charge in [0.2, 0.25) is 5.82 Å². The Hall–Kier alpha value is -1.93. The monoisotopic (exact) mass is 267 g/mol. The predicted molar refractivity (Wildman–Crippen MR) is 71.1 cm³/mol. The van der Waals surface area contributed by atoms with Crippen molar-refractivity contribution >= 4 is 17.3 Å². The lowest BCUT2D eigenvalue weighted by Crippen LogP contribution is -2.39. The minimum Gasteiger partial charge on any atom is -0.384 e. The third-order valence-corrected chi connectivity index (χ3v) is 2.92. The van der Waals surface area contributed by atoms with Crippen LogP contribution in [0.2, 0.25) is 0 Å². The van der Waals surface area contributed by atoms with Crippen LogP contribution in [-0.2, 0) is 4.74 Å². The first-order chi connectivity index (χ1) is 9.16. The van der Waals surface area contributed by atoms with Crippen molar-refractivity contribution in [3.63, 3.8) is 0 Å². The Labute approximate surface area is 110 Å². The van der Waals surface area contributed by atoms with Crippen LogP contribution in [0.5, 0.6) is 0 Å². The summed E-state index contributed by atoms with van der Waals surface area (Å²) in [5, 5.41) is 13.8. The zero-order valence-corrected chi connectivity index (χ0v) is 10.5. The molecular formula is C11H17N5O3. The number of hydrogen-bond acceptors (Lipinski definition) is 7. The van der Waals surface area contributed by atoms with Crippen LogP contribution in [0, 0.1) is 10.1 Å². The molecule has 0 unspecified atom stereocenters. The Balaban J connectivity index is 1.91. The molecule has 0 atom stereocenters. The molecule has 0 bridgehead atoms. The summed E-state index contributed by atoms with van der Waals surface area (Å²) in [7, 11) is 0. The number of aromatic nitrogens is 1. The second kappa shape index (κ2) is 6.30. The van der Waals surface area contributed by atoms with E-state index in [4.69, 9.17) is 10.5 Å². The molecule has 8 nitrogen and oxygen atoms in total. The van der Waals surface area contributed by atoms with Gasteiger partial charge < -0.3 is 15.8 Å². The molecule has 1 aromatic heterocycles. The molecule has 1 saturated heterocycles. The summed E-state index contributed by atoms with van der Waals surface area (Å²) in [6.45, 7) is 4.60. The molecule has 0 spiro atoms. The van der Waals surface area contributed by atoms with Crippen molar-refractivity contribution < 1.29 is 9.66 Å². The van der Waals surface area contributed by atoms with E-state index in [-0.39, 0.29) is 17.3 Å². The molecule has 2 heterocycles. The molecule has 1 aliphatic heterocycles. The van der Waals surface area contributed by atoms with Gasteiger partial charge in [0.15, 0.2) is 0 Å². The zero-order valence-electron chi connectivity index (χ0n) is 10.5. The Morgan fingerprint density at radius 1 is 1.47 bits per heavy atom. The SMILES string of the molecule is Nc1ccc([N+](=O)[O-])c(NCCN2CCOCC2)n1. The van der Waals surface area contributed by atoms with Crippen molar-refractivity contribution in [2.24, 2.45) is 0 Å². The Bertz CT molecular complexity index is 448. The van der Waals surface area contributed by atoms with Crippen molar-refractivity contribution in [1.29, 1.82) is 0 Å². The van der Waals surface area contributed by atoms with Gasteiger partial charge in [-0.15, -0.1) is 0 Å². The first-order valence-corrected chi connectivity index (χ1v) is 6.11. The van der Waals surface area contributed by atoms with Crippen molar-refractivity contribution in [2.45, 2.75) is 0 Å². The lowest BCUT2D eigenvalue weighted by Gasteiger charge is -2.26. The van der Waals surface area contributed by atoms with E-state index in [1.165, 1.54) is 12.1 Å². The highest BCUT2D eigenvalue weighted by Crippen LogP contribution is 2.22. The van der Waals surface area contributed by atoms with Gasteiger partial charge in [0.25, 0.3) is 0 Å². The summed E-state index contributed by atoms with van der Waals surface area (Å²) in [5.41, 5.74) is 5.48. The molecule has 1 aliphatic rings. The fourth-order valence-corrected chi connectivity index (χ4v) is 1.90. The molecule has 0 aromatic carbocycles. The van der Waals surface area contributed by atoms with Crippen molar-refractivity contribution in [3.05, 3.63) is 22.2 Å². The maximum absolute atomic E-state index is 10.9. The topological polar surface area (TPSA) is 107 Å². The minimum atomic E-state index is -0.469. The summed E-state index contributed by atoms with van der Waals surface area (Å²) >= 11 is 0. The van der Waals surface area contributed by atoms with E-state index in [1.54, 1.807) is 0 Å². The van der Waals surface area contributed by atoms with Crippen LogP contribution >= 0.6 is 0 Å². The number of pyridine rings is 1. The minimum absolute atomic E-state index is 0.0591. The number of hydrogen-bond donors (Lipinski definition) is 2. The van der Waals surface area contributed by atoms with E-state index in [0.29, 0.717) is 6.54 Å². The van der Waals surface area contributed by atoms with E-state index < -0.39 is 4.92 Å². The molecule has 0 saturated carbocycles. The van der Waals surface area contributed by atoms with Gasteiger partial charge in [-0.05, 0) is 6.07 Å². The van der Waals surface area contributed by atoms with Crippen molar-refractivity contribution in [2.75, 3.05) is 50.4 Å². The van der Waals surface area contributed by atoms with E-state index >= 15 is 0 Å². The second-order valence-electron chi connectivity index (χ2n) is 4.24. The highest BCUT2D eigenvalue weighted by molar-refractivity contribution is 5.59. The number of nitrogens with one attached hydrogen (secondary N) is 1. The van der Waals surface area contributed by atoms with Crippen LogP contribution in [0.1, 0.15) is 0 Å². The van der Waals surface area contributed by atoms with Gasteiger partial charge in [-0.25, -0.2) is 4.98 Å². The summed E-state index contributed by atoms with van der Waals surface area (Å²) in [6.07, 6.45) is 0. The first kappa shape index (κ1) is 13.5. The van der Waals surface area contributed by atoms with Gasteiger partial charge in [-0.2, -0.15) is 0 Å². The van der Waals surface area contributed by atoms with Gasteiger partial charge >= 0.3 is 5.69 Å². The first-order valence-electron chi connectivity index (χ1n) is 6.11. The summed E-state index contributed by atoms with van der Waals surface area (Å²) in [6, 6.07) is 2.78. The van der Waals surface area contributed by atoms with E-state index in [2.05, 4.69) is 15.2 Å². The molecule has 3 N–H and O–H groups in total. The highest BCUT2D eigenvalue weighted by Gasteiger charge is 2.16. The van der Waals surface area contributed by atoms with Crippen LogP contribution in [0.3, 0.4) is 0 Å². The number of morpholine rings is 1. The maximum atomic E-state index is 10.9. The van der Waals surface area contributed by atoms with Crippen LogP contribution in [0.4, 0.5) is 17.3 Å². The fraction of sp³-hybridized carbons (Fsp3) is 0.545. The van der Waals surface area contributed by atoms with Gasteiger partial charge in [0.05, 0.1) is 18.1 Å². The lowest BCUT2D eigenvalue weighted by atomic mass is 10.3. The van der Waals surface area contributed by atoms with Crippen molar-refractivity contribution in [3.8, 4) is 0 Å². The van der Waals surface area contributed by atoms with Gasteiger partial charge in [0.1, 0.15) is 5.82 Å². The van der Waals surface area contributed by atoms with Gasteiger partial charge in [-0.1, -0.05) is 0 Å². The number of nitrogens with zero attached hydrogens (tertiary/aromatic N) is 3. The summed E-state index contributed by atoms with van der Waals surface area (Å²) in [5.74, 6) is 0.484. The third kappa shape index (κ3) is 3.76. The van der Waals surface area contributed by atoms with Crippen LogP contribution < -0.4 is 11.1 Å². The zero-order chi connectivity index (χ0) is 13.7. The highest BCUT2D eigenvalue weighted by atomic mass is 16.6. The largest absolute Gasteiger partial charge is 0.384 e. The van der Waals surface area contributed by atoms with E-state index in [9.17, 15) is 10.1 Å². The fourth-order valence-electron chi connectivity index (χ4n) is 1.90. The van der Waals surface area contributed by atoms with Crippen LogP contribution in [0.25, 0.3) is 0 Å². The van der Waals surface area contributed by atoms with Gasteiger partial charge in [-0.3, -0.25) is 15.0 Å². The molecule has 104 valence electrons. The van der Waals surface area contributed by atoms with Gasteiger partial charge in [0, 0.05) is 32.2 Å². The normalized spacial score (nSPS) is 16.2. The van der Waals surface area contributed by atoms with E-state index in [0.717, 1.165) is 32.8 Å². The number of nitrogens with two attached hydrogens (primary N) is 1. The molecule has 2 rings (SSSR count). The number of ether oxygens (including phenoxy) is 1. The molecule has 19 heavy (non-hydrogen) atoms. The average Bonchev–Trinajstić information content (AvgIpc) is 2.39. The van der Waals surface area contributed by atoms with Crippen molar-refractivity contribution in [1.82, 2.24) is 9.88 Å². The molecule has 1 aromatic rings. The number of nitrogen functional groups attached to an aromatic ring is 1. The van der Waals surface area contributed by atoms with Crippen LogP contribution in [-0.4, -0.2) is 54.2 Å². The summed E-state index contributed by atoms with van der Waals surface area (Å²) in [4.78, 5) is 16.6. The third-order valence-electron chi connectivity index (χ3n) is 2.92.